The molecular weight excluding hydrogens is 302 g/mol. The Morgan fingerprint density at radius 1 is 1.04 bits per heavy atom. The van der Waals surface area contributed by atoms with Gasteiger partial charge in [0.2, 0.25) is 5.91 Å². The van der Waals surface area contributed by atoms with Crippen LogP contribution in [0.25, 0.3) is 0 Å². The number of amides is 1. The summed E-state index contributed by atoms with van der Waals surface area (Å²) in [5, 5.41) is 13.0. The van der Waals surface area contributed by atoms with E-state index in [0.29, 0.717) is 23.6 Å². The van der Waals surface area contributed by atoms with Crippen LogP contribution < -0.4 is 10.2 Å². The molecule has 2 heterocycles. The molecule has 5 nitrogen and oxygen atoms in total. The summed E-state index contributed by atoms with van der Waals surface area (Å²) in [6, 6.07) is 7.93. The van der Waals surface area contributed by atoms with Gasteiger partial charge in [0.05, 0.1) is 6.04 Å². The van der Waals surface area contributed by atoms with Gasteiger partial charge >= 0.3 is 0 Å². The van der Waals surface area contributed by atoms with Crippen LogP contribution in [-0.2, 0) is 4.79 Å². The maximum Gasteiger partial charge on any atom is 0.239 e. The van der Waals surface area contributed by atoms with Gasteiger partial charge in [0.1, 0.15) is 5.75 Å². The molecule has 1 saturated carbocycles. The molecule has 2 N–H and O–H groups in total. The van der Waals surface area contributed by atoms with Crippen LogP contribution in [0.4, 0.5) is 5.69 Å². The molecule has 3 fully saturated rings. The second-order valence-corrected chi connectivity index (χ2v) is 7.43. The molecule has 1 aromatic carbocycles. The van der Waals surface area contributed by atoms with E-state index in [0.717, 1.165) is 38.3 Å². The Labute approximate surface area is 143 Å². The summed E-state index contributed by atoms with van der Waals surface area (Å²) in [6.45, 7) is 3.28. The number of hydrogen-bond donors (Lipinski definition) is 2. The number of phenols is 1. The molecule has 1 aromatic rings. The summed E-state index contributed by atoms with van der Waals surface area (Å²) in [5.41, 5.74) is 1.12. The summed E-state index contributed by atoms with van der Waals surface area (Å²) in [7, 11) is 0. The molecule has 3 unspecified atom stereocenters. The van der Waals surface area contributed by atoms with Crippen molar-refractivity contribution in [2.24, 2.45) is 5.92 Å². The van der Waals surface area contributed by atoms with Crippen LogP contribution in [0.3, 0.4) is 0 Å². The van der Waals surface area contributed by atoms with Crippen LogP contribution in [0.1, 0.15) is 32.1 Å². The highest BCUT2D eigenvalue weighted by molar-refractivity contribution is 5.82. The van der Waals surface area contributed by atoms with Crippen molar-refractivity contribution in [1.82, 2.24) is 10.2 Å². The molecule has 0 radical (unpaired) electrons. The third-order valence-electron chi connectivity index (χ3n) is 5.97. The number of carbonyl (C=O) groups excluding carboxylic acids is 1. The van der Waals surface area contributed by atoms with Crippen molar-refractivity contribution in [3.05, 3.63) is 24.3 Å². The van der Waals surface area contributed by atoms with Gasteiger partial charge in [-0.15, -0.1) is 0 Å². The topological polar surface area (TPSA) is 55.8 Å². The zero-order chi connectivity index (χ0) is 16.5. The quantitative estimate of drug-likeness (QED) is 0.871. The summed E-state index contributed by atoms with van der Waals surface area (Å²) >= 11 is 0. The summed E-state index contributed by atoms with van der Waals surface area (Å²) in [4.78, 5) is 17.2. The average Bonchev–Trinajstić information content (AvgIpc) is 3.06. The van der Waals surface area contributed by atoms with E-state index in [-0.39, 0.29) is 6.04 Å². The molecule has 2 saturated heterocycles. The number of fused-ring (bicyclic) bond motifs is 1. The lowest BCUT2D eigenvalue weighted by Gasteiger charge is -2.37. The number of piperazine rings is 1. The number of benzene rings is 1. The van der Waals surface area contributed by atoms with Crippen LogP contribution in [0.15, 0.2) is 24.3 Å². The van der Waals surface area contributed by atoms with Gasteiger partial charge < -0.3 is 20.2 Å². The number of nitrogens with one attached hydrogen (secondary N) is 1. The Morgan fingerprint density at radius 3 is 2.46 bits per heavy atom. The average molecular weight is 329 g/mol. The molecular formula is C19H27N3O2. The molecule has 4 rings (SSSR count). The maximum absolute atomic E-state index is 12.8. The van der Waals surface area contributed by atoms with Crippen molar-refractivity contribution in [2.45, 2.75) is 44.2 Å². The highest BCUT2D eigenvalue weighted by Gasteiger charge is 2.40. The normalized spacial score (nSPS) is 30.2. The van der Waals surface area contributed by atoms with Crippen molar-refractivity contribution in [3.8, 4) is 5.75 Å². The first kappa shape index (κ1) is 15.8. The monoisotopic (exact) mass is 329 g/mol. The summed E-state index contributed by atoms with van der Waals surface area (Å²) in [6.07, 6.45) is 6.19. The smallest absolute Gasteiger partial charge is 0.239 e. The van der Waals surface area contributed by atoms with Gasteiger partial charge in [0, 0.05) is 37.9 Å². The fraction of sp³-hybridized carbons (Fsp3) is 0.632. The Hall–Kier alpha value is -1.75. The second kappa shape index (κ2) is 6.63. The predicted octanol–water partition coefficient (Wildman–Crippen LogP) is 1.96. The Morgan fingerprint density at radius 2 is 1.75 bits per heavy atom. The van der Waals surface area contributed by atoms with Crippen LogP contribution in [-0.4, -0.2) is 54.2 Å². The molecule has 3 atom stereocenters. The maximum atomic E-state index is 12.8. The van der Waals surface area contributed by atoms with Gasteiger partial charge in [0.15, 0.2) is 0 Å². The first-order valence-corrected chi connectivity index (χ1v) is 9.29. The first-order valence-electron chi connectivity index (χ1n) is 9.29. The minimum Gasteiger partial charge on any atom is -0.508 e. The van der Waals surface area contributed by atoms with E-state index in [4.69, 9.17) is 0 Å². The fourth-order valence-corrected chi connectivity index (χ4v) is 4.58. The van der Waals surface area contributed by atoms with Gasteiger partial charge in [-0.2, -0.15) is 0 Å². The lowest BCUT2D eigenvalue weighted by Crippen LogP contribution is -2.53. The van der Waals surface area contributed by atoms with E-state index in [1.807, 2.05) is 17.0 Å². The molecule has 2 aliphatic heterocycles. The molecule has 1 amide bonds. The Balaban J connectivity index is 1.32. The number of aromatic hydroxyl groups is 1. The standard InChI is InChI=1S/C19H27N3O2/c23-16-7-5-15(6-8-16)21-9-11-22(12-10-21)19(24)18-13-14-3-1-2-4-17(14)20-18/h5-8,14,17-18,20,23H,1-4,9-13H2. The first-order chi connectivity index (χ1) is 11.7. The zero-order valence-electron chi connectivity index (χ0n) is 14.2. The van der Waals surface area contributed by atoms with E-state index in [9.17, 15) is 9.90 Å². The largest absolute Gasteiger partial charge is 0.508 e. The van der Waals surface area contributed by atoms with Crippen LogP contribution in [0, 0.1) is 5.92 Å². The summed E-state index contributed by atoms with van der Waals surface area (Å²) in [5.74, 6) is 1.31. The Bertz CT molecular complexity index is 567. The van der Waals surface area contributed by atoms with Crippen molar-refractivity contribution in [1.29, 1.82) is 0 Å². The fourth-order valence-electron chi connectivity index (χ4n) is 4.58. The number of rotatable bonds is 2. The van der Waals surface area contributed by atoms with Gasteiger partial charge in [-0.1, -0.05) is 12.8 Å². The minimum atomic E-state index is 0.0401. The zero-order valence-corrected chi connectivity index (χ0v) is 14.2. The van der Waals surface area contributed by atoms with E-state index in [1.165, 1.54) is 25.7 Å². The van der Waals surface area contributed by atoms with Crippen LogP contribution in [0.5, 0.6) is 5.75 Å². The number of anilines is 1. The molecule has 3 aliphatic rings. The van der Waals surface area contributed by atoms with Crippen molar-refractivity contribution >= 4 is 11.6 Å². The van der Waals surface area contributed by atoms with E-state index in [2.05, 4.69) is 10.2 Å². The van der Waals surface area contributed by atoms with E-state index in [1.54, 1.807) is 12.1 Å². The van der Waals surface area contributed by atoms with Gasteiger partial charge in [0.25, 0.3) is 0 Å². The Kier molecular flexibility index (Phi) is 4.35. The van der Waals surface area contributed by atoms with Gasteiger partial charge in [-0.25, -0.2) is 0 Å². The third-order valence-corrected chi connectivity index (χ3v) is 5.97. The van der Waals surface area contributed by atoms with Crippen molar-refractivity contribution in [2.75, 3.05) is 31.1 Å². The SMILES string of the molecule is O=C(C1CC2CCCCC2N1)N1CCN(c2ccc(O)cc2)CC1. The number of nitrogens with zero attached hydrogens (tertiary/aromatic N) is 2. The molecule has 1 aliphatic carbocycles. The number of phenolic OH excluding ortho intramolecular Hbond substituents is 1. The highest BCUT2D eigenvalue weighted by atomic mass is 16.3. The molecule has 0 spiro atoms. The molecule has 5 heteroatoms. The molecule has 0 aromatic heterocycles. The van der Waals surface area contributed by atoms with Crippen LogP contribution >= 0.6 is 0 Å². The minimum absolute atomic E-state index is 0.0401. The van der Waals surface area contributed by atoms with Gasteiger partial charge in [-0.3, -0.25) is 4.79 Å². The van der Waals surface area contributed by atoms with Crippen molar-refractivity contribution < 1.29 is 9.90 Å². The summed E-state index contributed by atoms with van der Waals surface area (Å²) < 4.78 is 0. The van der Waals surface area contributed by atoms with Crippen molar-refractivity contribution in [3.63, 3.8) is 0 Å². The van der Waals surface area contributed by atoms with Gasteiger partial charge in [-0.05, 0) is 49.4 Å². The number of carbonyl (C=O) groups is 1. The van der Waals surface area contributed by atoms with E-state index >= 15 is 0 Å². The van der Waals surface area contributed by atoms with Crippen LogP contribution in [0.2, 0.25) is 0 Å². The lowest BCUT2D eigenvalue weighted by atomic mass is 9.85. The highest BCUT2D eigenvalue weighted by Crippen LogP contribution is 2.33. The predicted molar refractivity (Wildman–Crippen MR) is 94.2 cm³/mol. The molecule has 0 bridgehead atoms. The second-order valence-electron chi connectivity index (χ2n) is 7.43. The molecule has 130 valence electrons. The molecule has 24 heavy (non-hydrogen) atoms. The number of hydrogen-bond acceptors (Lipinski definition) is 4. The lowest BCUT2D eigenvalue weighted by molar-refractivity contribution is -0.133. The third kappa shape index (κ3) is 3.09. The van der Waals surface area contributed by atoms with E-state index < -0.39 is 0 Å².